The van der Waals surface area contributed by atoms with E-state index < -0.39 is 0 Å². The molecule has 1 aromatic rings. The van der Waals surface area contributed by atoms with Gasteiger partial charge in [0.05, 0.1) is 19.6 Å². The Morgan fingerprint density at radius 2 is 2.00 bits per heavy atom. The minimum Gasteiger partial charge on any atom is -0.490 e. The Balaban J connectivity index is 2.67. The third kappa shape index (κ3) is 5.18. The zero-order valence-electron chi connectivity index (χ0n) is 11.8. The molecule has 0 aliphatic heterocycles. The van der Waals surface area contributed by atoms with Crippen LogP contribution in [0.4, 0.5) is 0 Å². The third-order valence-electron chi connectivity index (χ3n) is 2.55. The molecule has 0 saturated carbocycles. The van der Waals surface area contributed by atoms with Crippen LogP contribution in [-0.2, 0) is 11.3 Å². The molecule has 0 heterocycles. The molecule has 0 aromatic heterocycles. The van der Waals surface area contributed by atoms with Crippen LogP contribution in [0, 0.1) is 0 Å². The van der Waals surface area contributed by atoms with Crippen LogP contribution in [0.1, 0.15) is 18.9 Å². The molecule has 0 saturated heterocycles. The van der Waals surface area contributed by atoms with Crippen molar-refractivity contribution in [2.75, 3.05) is 27.3 Å². The highest BCUT2D eigenvalue weighted by atomic mass is 16.5. The second-order valence-electron chi connectivity index (χ2n) is 4.02. The molecule has 2 N–H and O–H groups in total. The van der Waals surface area contributed by atoms with Gasteiger partial charge in [0.2, 0.25) is 5.91 Å². The molecule has 0 bridgehead atoms. The van der Waals surface area contributed by atoms with Gasteiger partial charge in [-0.15, -0.1) is 0 Å². The van der Waals surface area contributed by atoms with Crippen LogP contribution < -0.4 is 20.1 Å². The number of benzene rings is 1. The van der Waals surface area contributed by atoms with Crippen molar-refractivity contribution in [2.45, 2.75) is 19.9 Å². The first-order valence-electron chi connectivity index (χ1n) is 6.45. The largest absolute Gasteiger partial charge is 0.490 e. The number of hydrogen-bond donors (Lipinski definition) is 2. The van der Waals surface area contributed by atoms with E-state index in [1.807, 2.05) is 32.2 Å². The number of nitrogens with one attached hydrogen (secondary N) is 2. The van der Waals surface area contributed by atoms with Crippen LogP contribution in [0.25, 0.3) is 0 Å². The molecular formula is C14H22N2O3. The summed E-state index contributed by atoms with van der Waals surface area (Å²) in [5.41, 5.74) is 1.13. The Hall–Kier alpha value is -1.75. The van der Waals surface area contributed by atoms with Gasteiger partial charge in [-0.2, -0.15) is 0 Å². The van der Waals surface area contributed by atoms with Crippen molar-refractivity contribution >= 4 is 5.91 Å². The number of ether oxygens (including phenoxy) is 2. The third-order valence-corrected chi connectivity index (χ3v) is 2.55. The predicted molar refractivity (Wildman–Crippen MR) is 74.6 cm³/mol. The maximum atomic E-state index is 11.1. The molecule has 0 radical (unpaired) electrons. The quantitative estimate of drug-likeness (QED) is 0.745. The van der Waals surface area contributed by atoms with E-state index in [0.29, 0.717) is 31.1 Å². The van der Waals surface area contributed by atoms with Crippen molar-refractivity contribution in [3.8, 4) is 11.5 Å². The molecule has 0 aliphatic carbocycles. The Morgan fingerprint density at radius 1 is 1.21 bits per heavy atom. The van der Waals surface area contributed by atoms with E-state index in [1.54, 1.807) is 7.05 Å². The molecule has 1 rings (SSSR count). The molecule has 5 heteroatoms. The minimum atomic E-state index is -0.0373. The van der Waals surface area contributed by atoms with Crippen LogP contribution in [0.3, 0.4) is 0 Å². The summed E-state index contributed by atoms with van der Waals surface area (Å²) in [5.74, 6) is 1.35. The standard InChI is InChI=1S/C14H22N2O3/c1-4-18-13-9-11(10-15-2)5-6-12(13)19-8-7-14(17)16-3/h5-6,9,15H,4,7-8,10H2,1-3H3,(H,16,17). The van der Waals surface area contributed by atoms with Gasteiger partial charge in [0.15, 0.2) is 11.5 Å². The minimum absolute atomic E-state index is 0.0373. The zero-order chi connectivity index (χ0) is 14.1. The van der Waals surface area contributed by atoms with Gasteiger partial charge in [0.25, 0.3) is 0 Å². The maximum absolute atomic E-state index is 11.1. The highest BCUT2D eigenvalue weighted by Crippen LogP contribution is 2.28. The molecule has 1 amide bonds. The number of carbonyl (C=O) groups is 1. The van der Waals surface area contributed by atoms with E-state index in [9.17, 15) is 4.79 Å². The number of amides is 1. The summed E-state index contributed by atoms with van der Waals surface area (Å²) in [6, 6.07) is 5.81. The van der Waals surface area contributed by atoms with Gasteiger partial charge in [-0.25, -0.2) is 0 Å². The van der Waals surface area contributed by atoms with Crippen molar-refractivity contribution in [2.24, 2.45) is 0 Å². The number of carbonyl (C=O) groups excluding carboxylic acids is 1. The average molecular weight is 266 g/mol. The fourth-order valence-corrected chi connectivity index (χ4v) is 1.63. The van der Waals surface area contributed by atoms with Gasteiger partial charge in [-0.1, -0.05) is 6.07 Å². The van der Waals surface area contributed by atoms with E-state index in [0.717, 1.165) is 12.1 Å². The lowest BCUT2D eigenvalue weighted by Crippen LogP contribution is -2.20. The Bertz CT molecular complexity index is 408. The molecule has 0 atom stereocenters. The average Bonchev–Trinajstić information content (AvgIpc) is 2.41. The van der Waals surface area contributed by atoms with Crippen LogP contribution >= 0.6 is 0 Å². The summed E-state index contributed by atoms with van der Waals surface area (Å²) < 4.78 is 11.1. The van der Waals surface area contributed by atoms with Gasteiger partial charge in [-0.05, 0) is 31.7 Å². The number of hydrogen-bond acceptors (Lipinski definition) is 4. The van der Waals surface area contributed by atoms with Crippen LogP contribution in [0.5, 0.6) is 11.5 Å². The van der Waals surface area contributed by atoms with Crippen LogP contribution in [0.15, 0.2) is 18.2 Å². The highest BCUT2D eigenvalue weighted by Gasteiger charge is 2.07. The fourth-order valence-electron chi connectivity index (χ4n) is 1.63. The highest BCUT2D eigenvalue weighted by molar-refractivity contribution is 5.75. The molecule has 0 fully saturated rings. The molecule has 106 valence electrons. The second kappa shape index (κ2) is 8.37. The summed E-state index contributed by atoms with van der Waals surface area (Å²) in [4.78, 5) is 11.1. The topological polar surface area (TPSA) is 59.6 Å². The first-order chi connectivity index (χ1) is 9.21. The monoisotopic (exact) mass is 266 g/mol. The maximum Gasteiger partial charge on any atom is 0.223 e. The van der Waals surface area contributed by atoms with E-state index >= 15 is 0 Å². The van der Waals surface area contributed by atoms with E-state index in [1.165, 1.54) is 0 Å². The smallest absolute Gasteiger partial charge is 0.223 e. The van der Waals surface area contributed by atoms with Crippen LogP contribution in [0.2, 0.25) is 0 Å². The number of rotatable bonds is 8. The van der Waals surface area contributed by atoms with Crippen molar-refractivity contribution in [1.82, 2.24) is 10.6 Å². The summed E-state index contributed by atoms with van der Waals surface area (Å²) in [6.07, 6.45) is 0.334. The SMILES string of the molecule is CCOc1cc(CNC)ccc1OCCC(=O)NC. The van der Waals surface area contributed by atoms with Crippen LogP contribution in [-0.4, -0.2) is 33.2 Å². The lowest BCUT2D eigenvalue weighted by molar-refractivity contribution is -0.121. The normalized spacial score (nSPS) is 10.1. The Morgan fingerprint density at radius 3 is 2.63 bits per heavy atom. The molecular weight excluding hydrogens is 244 g/mol. The molecule has 0 aliphatic rings. The van der Waals surface area contributed by atoms with Crippen molar-refractivity contribution in [3.63, 3.8) is 0 Å². The zero-order valence-corrected chi connectivity index (χ0v) is 11.8. The van der Waals surface area contributed by atoms with Gasteiger partial charge >= 0.3 is 0 Å². The van der Waals surface area contributed by atoms with E-state index in [2.05, 4.69) is 10.6 Å². The summed E-state index contributed by atoms with van der Waals surface area (Å²) >= 11 is 0. The van der Waals surface area contributed by atoms with Gasteiger partial charge in [0, 0.05) is 13.6 Å². The Kier molecular flexibility index (Phi) is 6.74. The lowest BCUT2D eigenvalue weighted by Gasteiger charge is -2.13. The Labute approximate surface area is 114 Å². The van der Waals surface area contributed by atoms with Crippen molar-refractivity contribution in [3.05, 3.63) is 23.8 Å². The lowest BCUT2D eigenvalue weighted by atomic mass is 10.2. The first-order valence-corrected chi connectivity index (χ1v) is 6.45. The van der Waals surface area contributed by atoms with Gasteiger partial charge in [0.1, 0.15) is 0 Å². The summed E-state index contributed by atoms with van der Waals surface area (Å²) in [6.45, 7) is 3.62. The molecule has 1 aromatic carbocycles. The first kappa shape index (κ1) is 15.3. The summed E-state index contributed by atoms with van der Waals surface area (Å²) in [5, 5.41) is 5.65. The molecule has 5 nitrogen and oxygen atoms in total. The molecule has 0 unspecified atom stereocenters. The molecule has 0 spiro atoms. The second-order valence-corrected chi connectivity index (χ2v) is 4.02. The van der Waals surface area contributed by atoms with E-state index in [4.69, 9.17) is 9.47 Å². The van der Waals surface area contributed by atoms with Gasteiger partial charge in [-0.3, -0.25) is 4.79 Å². The van der Waals surface area contributed by atoms with E-state index in [-0.39, 0.29) is 5.91 Å². The van der Waals surface area contributed by atoms with Crippen molar-refractivity contribution in [1.29, 1.82) is 0 Å². The summed E-state index contributed by atoms with van der Waals surface area (Å²) in [7, 11) is 3.51. The fraction of sp³-hybridized carbons (Fsp3) is 0.500. The van der Waals surface area contributed by atoms with Crippen molar-refractivity contribution < 1.29 is 14.3 Å². The predicted octanol–water partition coefficient (Wildman–Crippen LogP) is 1.32. The molecule has 19 heavy (non-hydrogen) atoms. The van der Waals surface area contributed by atoms with Gasteiger partial charge < -0.3 is 20.1 Å².